The van der Waals surface area contributed by atoms with Crippen molar-refractivity contribution in [3.8, 4) is 0 Å². The summed E-state index contributed by atoms with van der Waals surface area (Å²) < 4.78 is 11.7. The summed E-state index contributed by atoms with van der Waals surface area (Å²) in [5.74, 6) is 1.99. The van der Waals surface area contributed by atoms with Gasteiger partial charge in [0.05, 0.1) is 12.7 Å². The average molecular weight is 281 g/mol. The fraction of sp³-hybridized carbons (Fsp3) is 0.933. The van der Waals surface area contributed by atoms with E-state index in [4.69, 9.17) is 9.47 Å². The van der Waals surface area contributed by atoms with E-state index in [-0.39, 0.29) is 12.2 Å². The minimum absolute atomic E-state index is 0.202. The van der Waals surface area contributed by atoms with Gasteiger partial charge >= 0.3 is 0 Å². The largest absolute Gasteiger partial charge is 0.375 e. The molecule has 3 fully saturated rings. The molecule has 0 amide bonds. The Balaban J connectivity index is 1.48. The molecule has 2 unspecified atom stereocenters. The van der Waals surface area contributed by atoms with E-state index in [0.29, 0.717) is 0 Å². The highest BCUT2D eigenvalue weighted by Crippen LogP contribution is 2.31. The number of nitrogens with one attached hydrogen (secondary N) is 1. The molecule has 20 heavy (non-hydrogen) atoms. The zero-order valence-electron chi connectivity index (χ0n) is 12.5. The summed E-state index contributed by atoms with van der Waals surface area (Å²) in [5, 5.41) is 3.50. The van der Waals surface area contributed by atoms with Gasteiger partial charge in [0.15, 0.2) is 5.96 Å². The zero-order chi connectivity index (χ0) is 13.8. The number of hydrogen-bond donors (Lipinski definition) is 1. The van der Waals surface area contributed by atoms with Crippen molar-refractivity contribution in [2.75, 3.05) is 39.9 Å². The number of aliphatic imine (C=N–C) groups is 1. The first kappa shape index (κ1) is 14.1. The van der Waals surface area contributed by atoms with Crippen LogP contribution in [0.5, 0.6) is 0 Å². The van der Waals surface area contributed by atoms with Crippen LogP contribution in [-0.4, -0.2) is 63.0 Å². The molecule has 1 saturated carbocycles. The van der Waals surface area contributed by atoms with Crippen molar-refractivity contribution in [2.24, 2.45) is 10.9 Å². The van der Waals surface area contributed by atoms with E-state index >= 15 is 0 Å². The van der Waals surface area contributed by atoms with E-state index in [1.165, 1.54) is 25.7 Å². The van der Waals surface area contributed by atoms with E-state index in [0.717, 1.165) is 51.1 Å². The SMILES string of the molecule is CN=C(NCCC1CC1)N1CCOC(C2CCCO2)C1. The van der Waals surface area contributed by atoms with E-state index in [9.17, 15) is 0 Å². The van der Waals surface area contributed by atoms with Crippen molar-refractivity contribution in [1.29, 1.82) is 0 Å². The minimum atomic E-state index is 0.202. The number of guanidine groups is 1. The van der Waals surface area contributed by atoms with Crippen molar-refractivity contribution < 1.29 is 9.47 Å². The van der Waals surface area contributed by atoms with Crippen molar-refractivity contribution in [1.82, 2.24) is 10.2 Å². The van der Waals surface area contributed by atoms with Gasteiger partial charge in [-0.3, -0.25) is 4.99 Å². The first-order valence-corrected chi connectivity index (χ1v) is 8.05. The Kier molecular flexibility index (Phi) is 4.78. The summed E-state index contributed by atoms with van der Waals surface area (Å²) in [6, 6.07) is 0. The van der Waals surface area contributed by atoms with Gasteiger partial charge in [0.25, 0.3) is 0 Å². The molecule has 2 heterocycles. The van der Waals surface area contributed by atoms with Crippen molar-refractivity contribution in [3.05, 3.63) is 0 Å². The third-order valence-electron chi connectivity index (χ3n) is 4.52. The van der Waals surface area contributed by atoms with Crippen LogP contribution in [0.25, 0.3) is 0 Å². The maximum atomic E-state index is 5.89. The quantitative estimate of drug-likeness (QED) is 0.622. The molecule has 0 spiro atoms. The van der Waals surface area contributed by atoms with E-state index in [2.05, 4.69) is 15.2 Å². The van der Waals surface area contributed by atoms with Crippen LogP contribution >= 0.6 is 0 Å². The molecule has 0 bridgehead atoms. The summed E-state index contributed by atoms with van der Waals surface area (Å²) in [5.41, 5.74) is 0. The molecule has 3 rings (SSSR count). The zero-order valence-corrected chi connectivity index (χ0v) is 12.5. The van der Waals surface area contributed by atoms with Crippen molar-refractivity contribution in [2.45, 2.75) is 44.3 Å². The third-order valence-corrected chi connectivity index (χ3v) is 4.52. The lowest BCUT2D eigenvalue weighted by Crippen LogP contribution is -2.53. The number of morpholine rings is 1. The number of nitrogens with zero attached hydrogens (tertiary/aromatic N) is 2. The fourth-order valence-electron chi connectivity index (χ4n) is 3.12. The highest BCUT2D eigenvalue weighted by molar-refractivity contribution is 5.80. The molecule has 3 aliphatic rings. The van der Waals surface area contributed by atoms with Crippen LogP contribution in [0.1, 0.15) is 32.1 Å². The van der Waals surface area contributed by atoms with Gasteiger partial charge in [0.2, 0.25) is 0 Å². The molecule has 1 N–H and O–H groups in total. The second kappa shape index (κ2) is 6.76. The lowest BCUT2D eigenvalue weighted by molar-refractivity contribution is -0.0816. The van der Waals surface area contributed by atoms with Gasteiger partial charge in [-0.25, -0.2) is 0 Å². The van der Waals surface area contributed by atoms with Crippen molar-refractivity contribution in [3.63, 3.8) is 0 Å². The summed E-state index contributed by atoms with van der Waals surface area (Å²) in [6.07, 6.45) is 6.89. The highest BCUT2D eigenvalue weighted by atomic mass is 16.5. The molecule has 5 nitrogen and oxygen atoms in total. The molecule has 114 valence electrons. The van der Waals surface area contributed by atoms with Crippen LogP contribution in [0.3, 0.4) is 0 Å². The standard InChI is InChI=1S/C15H27N3O2/c1-16-15(17-7-6-12-4-5-12)18-8-10-20-14(11-18)13-3-2-9-19-13/h12-14H,2-11H2,1H3,(H,16,17). The Morgan fingerprint density at radius 3 is 2.75 bits per heavy atom. The van der Waals surface area contributed by atoms with Crippen LogP contribution in [-0.2, 0) is 9.47 Å². The maximum Gasteiger partial charge on any atom is 0.193 e. The Hall–Kier alpha value is -0.810. The molecule has 0 aromatic heterocycles. The van der Waals surface area contributed by atoms with Crippen LogP contribution in [0.4, 0.5) is 0 Å². The molecule has 1 aliphatic carbocycles. The summed E-state index contributed by atoms with van der Waals surface area (Å²) in [4.78, 5) is 6.75. The fourth-order valence-corrected chi connectivity index (χ4v) is 3.12. The molecule has 2 saturated heterocycles. The van der Waals surface area contributed by atoms with Gasteiger partial charge in [0.1, 0.15) is 6.10 Å². The lowest BCUT2D eigenvalue weighted by atomic mass is 10.1. The molecular weight excluding hydrogens is 254 g/mol. The predicted octanol–water partition coefficient (Wildman–Crippen LogP) is 1.24. The van der Waals surface area contributed by atoms with E-state index in [1.807, 2.05) is 7.05 Å². The van der Waals surface area contributed by atoms with Crippen LogP contribution in [0.2, 0.25) is 0 Å². The summed E-state index contributed by atoms with van der Waals surface area (Å²) in [6.45, 7) is 4.52. The second-order valence-electron chi connectivity index (χ2n) is 6.11. The molecular formula is C15H27N3O2. The van der Waals surface area contributed by atoms with Gasteiger partial charge in [-0.15, -0.1) is 0 Å². The first-order chi connectivity index (χ1) is 9.86. The lowest BCUT2D eigenvalue weighted by Gasteiger charge is -2.37. The molecule has 0 radical (unpaired) electrons. The van der Waals surface area contributed by atoms with Gasteiger partial charge in [0, 0.05) is 33.3 Å². The van der Waals surface area contributed by atoms with Crippen LogP contribution in [0, 0.1) is 5.92 Å². The average Bonchev–Trinajstić information content (AvgIpc) is 3.14. The molecule has 2 atom stereocenters. The maximum absolute atomic E-state index is 5.89. The Morgan fingerprint density at radius 2 is 2.05 bits per heavy atom. The Morgan fingerprint density at radius 1 is 1.20 bits per heavy atom. The molecule has 2 aliphatic heterocycles. The van der Waals surface area contributed by atoms with Gasteiger partial charge < -0.3 is 19.7 Å². The number of rotatable bonds is 4. The van der Waals surface area contributed by atoms with Crippen molar-refractivity contribution >= 4 is 5.96 Å². The first-order valence-electron chi connectivity index (χ1n) is 8.05. The third kappa shape index (κ3) is 3.64. The van der Waals surface area contributed by atoms with E-state index < -0.39 is 0 Å². The van der Waals surface area contributed by atoms with Gasteiger partial charge in [-0.1, -0.05) is 12.8 Å². The normalized spacial score (nSPS) is 31.6. The Labute approximate surface area is 121 Å². The smallest absolute Gasteiger partial charge is 0.193 e. The van der Waals surface area contributed by atoms with E-state index in [1.54, 1.807) is 0 Å². The molecule has 0 aromatic rings. The predicted molar refractivity (Wildman–Crippen MR) is 79.0 cm³/mol. The Bertz CT molecular complexity index is 338. The topological polar surface area (TPSA) is 46.1 Å². The number of hydrogen-bond acceptors (Lipinski definition) is 3. The van der Waals surface area contributed by atoms with Crippen LogP contribution in [0.15, 0.2) is 4.99 Å². The molecule has 5 heteroatoms. The number of ether oxygens (including phenoxy) is 2. The van der Waals surface area contributed by atoms with Gasteiger partial charge in [-0.05, 0) is 25.2 Å². The minimum Gasteiger partial charge on any atom is -0.375 e. The summed E-state index contributed by atoms with van der Waals surface area (Å²) in [7, 11) is 1.87. The van der Waals surface area contributed by atoms with Gasteiger partial charge in [-0.2, -0.15) is 0 Å². The highest BCUT2D eigenvalue weighted by Gasteiger charge is 2.32. The summed E-state index contributed by atoms with van der Waals surface area (Å²) >= 11 is 0. The monoisotopic (exact) mass is 281 g/mol. The second-order valence-corrected chi connectivity index (χ2v) is 6.11. The van der Waals surface area contributed by atoms with Crippen LogP contribution < -0.4 is 5.32 Å². The molecule has 0 aromatic carbocycles.